The van der Waals surface area contributed by atoms with Crippen molar-refractivity contribution in [3.05, 3.63) is 16.1 Å². The number of nitrogens with two attached hydrogens (primary N) is 1. The zero-order chi connectivity index (χ0) is 8.48. The van der Waals surface area contributed by atoms with Gasteiger partial charge in [-0.2, -0.15) is 0 Å². The number of aromatic nitrogens is 1. The van der Waals surface area contributed by atoms with Gasteiger partial charge < -0.3 is 5.73 Å². The van der Waals surface area contributed by atoms with Gasteiger partial charge in [-0.25, -0.2) is 9.37 Å². The van der Waals surface area contributed by atoms with Gasteiger partial charge in [-0.1, -0.05) is 0 Å². The van der Waals surface area contributed by atoms with Crippen molar-refractivity contribution in [3.63, 3.8) is 0 Å². The summed E-state index contributed by atoms with van der Waals surface area (Å²) in [5.74, 6) is 0. The third-order valence-electron chi connectivity index (χ3n) is 1.27. The van der Waals surface area contributed by atoms with E-state index in [-0.39, 0.29) is 0 Å². The summed E-state index contributed by atoms with van der Waals surface area (Å²) in [7, 11) is 0. The Labute approximate surface area is 69.3 Å². The molecule has 1 aromatic heterocycles. The number of hydrogen-bond donors (Lipinski definition) is 1. The lowest BCUT2D eigenvalue weighted by atomic mass is 10.2. The monoisotopic (exact) mass is 174 g/mol. The van der Waals surface area contributed by atoms with Crippen LogP contribution in [0.5, 0.6) is 0 Å². The predicted octanol–water partition coefficient (Wildman–Crippen LogP) is 1.81. The van der Waals surface area contributed by atoms with Gasteiger partial charge in [0.25, 0.3) is 0 Å². The maximum absolute atomic E-state index is 13.2. The van der Waals surface area contributed by atoms with Crippen LogP contribution >= 0.6 is 11.3 Å². The van der Waals surface area contributed by atoms with E-state index in [9.17, 15) is 4.39 Å². The molecule has 0 aromatic carbocycles. The molecule has 1 aromatic rings. The van der Waals surface area contributed by atoms with E-state index in [1.807, 2.05) is 0 Å². The van der Waals surface area contributed by atoms with Crippen LogP contribution in [-0.2, 0) is 12.2 Å². The predicted molar refractivity (Wildman–Crippen MR) is 44.1 cm³/mol. The molecule has 0 atom stereocenters. The van der Waals surface area contributed by atoms with E-state index in [2.05, 4.69) is 4.98 Å². The van der Waals surface area contributed by atoms with Crippen molar-refractivity contribution in [1.82, 2.24) is 4.98 Å². The molecule has 0 saturated heterocycles. The first kappa shape index (κ1) is 8.62. The van der Waals surface area contributed by atoms with E-state index in [1.165, 1.54) is 25.2 Å². The molecule has 0 fully saturated rings. The van der Waals surface area contributed by atoms with Crippen molar-refractivity contribution in [2.75, 3.05) is 0 Å². The zero-order valence-electron chi connectivity index (χ0n) is 6.60. The van der Waals surface area contributed by atoms with Crippen molar-refractivity contribution in [1.29, 1.82) is 0 Å². The lowest BCUT2D eigenvalue weighted by Crippen LogP contribution is -2.09. The van der Waals surface area contributed by atoms with Gasteiger partial charge in [-0.3, -0.25) is 0 Å². The smallest absolute Gasteiger partial charge is 0.156 e. The maximum Gasteiger partial charge on any atom is 0.156 e. The molecule has 0 saturated carbocycles. The SMILES string of the molecule is CC(C)(F)c1nc(CN)cs1. The third kappa shape index (κ3) is 1.97. The van der Waals surface area contributed by atoms with Crippen molar-refractivity contribution >= 4 is 11.3 Å². The summed E-state index contributed by atoms with van der Waals surface area (Å²) in [5, 5.41) is 2.29. The molecule has 0 aliphatic heterocycles. The Morgan fingerprint density at radius 1 is 1.73 bits per heavy atom. The van der Waals surface area contributed by atoms with Crippen LogP contribution in [0, 0.1) is 0 Å². The average molecular weight is 174 g/mol. The molecule has 2 N–H and O–H groups in total. The summed E-state index contributed by atoms with van der Waals surface area (Å²) >= 11 is 1.31. The molecule has 0 bridgehead atoms. The minimum Gasteiger partial charge on any atom is -0.325 e. The van der Waals surface area contributed by atoms with Crippen molar-refractivity contribution in [2.24, 2.45) is 5.73 Å². The number of halogens is 1. The molecule has 1 rings (SSSR count). The van der Waals surface area contributed by atoms with E-state index >= 15 is 0 Å². The number of thiazole rings is 1. The number of rotatable bonds is 2. The molecule has 0 radical (unpaired) electrons. The van der Waals surface area contributed by atoms with Crippen molar-refractivity contribution in [2.45, 2.75) is 26.1 Å². The molecule has 62 valence electrons. The van der Waals surface area contributed by atoms with Gasteiger partial charge in [0.1, 0.15) is 5.01 Å². The third-order valence-corrected chi connectivity index (χ3v) is 2.46. The molecule has 11 heavy (non-hydrogen) atoms. The van der Waals surface area contributed by atoms with Gasteiger partial charge in [0, 0.05) is 11.9 Å². The second kappa shape index (κ2) is 2.87. The fourth-order valence-corrected chi connectivity index (χ4v) is 1.52. The van der Waals surface area contributed by atoms with Gasteiger partial charge in [-0.05, 0) is 13.8 Å². The van der Waals surface area contributed by atoms with E-state index in [0.717, 1.165) is 5.69 Å². The van der Waals surface area contributed by atoms with Crippen LogP contribution in [-0.4, -0.2) is 4.98 Å². The Hall–Kier alpha value is -0.480. The first-order valence-corrected chi connectivity index (χ1v) is 4.26. The Balaban J connectivity index is 2.89. The quantitative estimate of drug-likeness (QED) is 0.742. The van der Waals surface area contributed by atoms with Crippen molar-refractivity contribution < 1.29 is 4.39 Å². The number of hydrogen-bond acceptors (Lipinski definition) is 3. The largest absolute Gasteiger partial charge is 0.325 e. The summed E-state index contributed by atoms with van der Waals surface area (Å²) in [6.45, 7) is 3.37. The second-order valence-electron chi connectivity index (χ2n) is 2.82. The fourth-order valence-electron chi connectivity index (χ4n) is 0.674. The van der Waals surface area contributed by atoms with Gasteiger partial charge >= 0.3 is 0 Å². The lowest BCUT2D eigenvalue weighted by molar-refractivity contribution is 0.220. The summed E-state index contributed by atoms with van der Waals surface area (Å²) in [6, 6.07) is 0. The summed E-state index contributed by atoms with van der Waals surface area (Å²) in [4.78, 5) is 4.02. The lowest BCUT2D eigenvalue weighted by Gasteiger charge is -2.08. The summed E-state index contributed by atoms with van der Waals surface area (Å²) < 4.78 is 13.2. The van der Waals surface area contributed by atoms with Crippen LogP contribution < -0.4 is 5.73 Å². The Bertz CT molecular complexity index is 239. The first-order chi connectivity index (χ1) is 5.04. The summed E-state index contributed by atoms with van der Waals surface area (Å²) in [5.41, 5.74) is 4.75. The summed E-state index contributed by atoms with van der Waals surface area (Å²) in [6.07, 6.45) is 0. The van der Waals surface area contributed by atoms with Crippen LogP contribution in [0.15, 0.2) is 5.38 Å². The van der Waals surface area contributed by atoms with Crippen LogP contribution in [0.4, 0.5) is 4.39 Å². The van der Waals surface area contributed by atoms with Crippen LogP contribution in [0.1, 0.15) is 24.5 Å². The zero-order valence-corrected chi connectivity index (χ0v) is 7.41. The molecular weight excluding hydrogens is 163 g/mol. The van der Waals surface area contributed by atoms with E-state index in [0.29, 0.717) is 11.6 Å². The molecule has 0 unspecified atom stereocenters. The Morgan fingerprint density at radius 2 is 2.36 bits per heavy atom. The molecule has 0 spiro atoms. The fraction of sp³-hybridized carbons (Fsp3) is 0.571. The molecule has 1 heterocycles. The molecule has 2 nitrogen and oxygen atoms in total. The molecule has 0 aliphatic rings. The van der Waals surface area contributed by atoms with E-state index in [4.69, 9.17) is 5.73 Å². The highest BCUT2D eigenvalue weighted by molar-refractivity contribution is 7.09. The molecular formula is C7H11FN2S. The molecule has 0 amide bonds. The standard InChI is InChI=1S/C7H11FN2S/c1-7(2,8)6-10-5(3-9)4-11-6/h4H,3,9H2,1-2H3. The van der Waals surface area contributed by atoms with Gasteiger partial charge in [0.15, 0.2) is 5.67 Å². The topological polar surface area (TPSA) is 38.9 Å². The van der Waals surface area contributed by atoms with Crippen LogP contribution in [0.25, 0.3) is 0 Å². The molecule has 0 aliphatic carbocycles. The Kier molecular flexibility index (Phi) is 2.25. The van der Waals surface area contributed by atoms with E-state index in [1.54, 1.807) is 5.38 Å². The highest BCUT2D eigenvalue weighted by atomic mass is 32.1. The van der Waals surface area contributed by atoms with Gasteiger partial charge in [0.05, 0.1) is 5.69 Å². The minimum atomic E-state index is -1.34. The highest BCUT2D eigenvalue weighted by Gasteiger charge is 2.22. The second-order valence-corrected chi connectivity index (χ2v) is 3.68. The van der Waals surface area contributed by atoms with Gasteiger partial charge in [0.2, 0.25) is 0 Å². The van der Waals surface area contributed by atoms with Crippen molar-refractivity contribution in [3.8, 4) is 0 Å². The average Bonchev–Trinajstić information content (AvgIpc) is 2.32. The van der Waals surface area contributed by atoms with Gasteiger partial charge in [-0.15, -0.1) is 11.3 Å². The normalized spacial score (nSPS) is 12.0. The number of alkyl halides is 1. The maximum atomic E-state index is 13.2. The minimum absolute atomic E-state index is 0.382. The van der Waals surface area contributed by atoms with Crippen LogP contribution in [0.3, 0.4) is 0 Å². The van der Waals surface area contributed by atoms with E-state index < -0.39 is 5.67 Å². The van der Waals surface area contributed by atoms with Crippen LogP contribution in [0.2, 0.25) is 0 Å². The Morgan fingerprint density at radius 3 is 2.64 bits per heavy atom. The molecule has 4 heteroatoms. The highest BCUT2D eigenvalue weighted by Crippen LogP contribution is 2.27. The first-order valence-electron chi connectivity index (χ1n) is 3.38. The number of nitrogens with zero attached hydrogens (tertiary/aromatic N) is 1.